The van der Waals surface area contributed by atoms with E-state index in [0.29, 0.717) is 16.6 Å². The Bertz CT molecular complexity index is 1070. The minimum atomic E-state index is -0.464. The van der Waals surface area contributed by atoms with E-state index in [1.165, 1.54) is 30.3 Å². The van der Waals surface area contributed by atoms with Gasteiger partial charge in [0.2, 0.25) is 0 Å². The van der Waals surface area contributed by atoms with Crippen molar-refractivity contribution < 1.29 is 14.7 Å². The normalized spacial score (nSPS) is 12.1. The van der Waals surface area contributed by atoms with E-state index in [-0.39, 0.29) is 22.2 Å². The van der Waals surface area contributed by atoms with Crippen molar-refractivity contribution in [2.24, 2.45) is 0 Å². The molecule has 7 heteroatoms. The number of phenolic OH excluding ortho intramolecular Hbond substituents is 2. The first-order valence-corrected chi connectivity index (χ1v) is 5.98. The minimum Gasteiger partial charge on any atom is -0.504 e. The highest BCUT2D eigenvalue weighted by molar-refractivity contribution is 5.55. The van der Waals surface area contributed by atoms with Gasteiger partial charge in [-0.25, -0.2) is 0 Å². The van der Waals surface area contributed by atoms with Crippen LogP contribution < -0.4 is 21.7 Å². The molecule has 21 heavy (non-hydrogen) atoms. The summed E-state index contributed by atoms with van der Waals surface area (Å²) in [5.74, 6) is -0.566. The predicted molar refractivity (Wildman–Crippen MR) is 74.2 cm³/mol. The maximum Gasteiger partial charge on any atom is 0.260 e. The van der Waals surface area contributed by atoms with E-state index in [2.05, 4.69) is 11.6 Å². The number of aromatic nitrogens is 2. The minimum absolute atomic E-state index is 0.0620. The van der Waals surface area contributed by atoms with Crippen LogP contribution in [0.1, 0.15) is 5.56 Å². The number of hydrogen-bond acceptors (Lipinski definition) is 5. The molecule has 0 aliphatic heterocycles. The average Bonchev–Trinajstić information content (AvgIpc) is 2.79. The summed E-state index contributed by atoms with van der Waals surface area (Å²) in [6.07, 6.45) is 1.41. The smallest absolute Gasteiger partial charge is 0.260 e. The summed E-state index contributed by atoms with van der Waals surface area (Å²) in [5, 5.41) is 26.8. The summed E-state index contributed by atoms with van der Waals surface area (Å²) in [7, 11) is 0. The van der Waals surface area contributed by atoms with Crippen molar-refractivity contribution in [3.63, 3.8) is 0 Å². The number of fused-ring (bicyclic) bond motifs is 1. The van der Waals surface area contributed by atoms with Gasteiger partial charge < -0.3 is 19.7 Å². The number of aromatic amines is 1. The summed E-state index contributed by atoms with van der Waals surface area (Å²) < 4.78 is 6.36. The van der Waals surface area contributed by atoms with E-state index in [1.807, 2.05) is 0 Å². The van der Waals surface area contributed by atoms with Gasteiger partial charge in [-0.15, -0.1) is 4.57 Å². The van der Waals surface area contributed by atoms with Gasteiger partial charge in [-0.1, -0.05) is 12.6 Å². The van der Waals surface area contributed by atoms with E-state index in [4.69, 9.17) is 9.93 Å². The fraction of sp³-hybridized carbons (Fsp3) is 0. The van der Waals surface area contributed by atoms with Crippen LogP contribution >= 0.6 is 0 Å². The molecule has 0 fully saturated rings. The van der Waals surface area contributed by atoms with E-state index in [1.54, 1.807) is 0 Å². The van der Waals surface area contributed by atoms with Gasteiger partial charge >= 0.3 is 0 Å². The molecule has 4 N–H and O–H groups in total. The van der Waals surface area contributed by atoms with E-state index in [0.717, 1.165) is 4.57 Å². The molecular weight excluding hydrogens is 274 g/mol. The first-order valence-electron chi connectivity index (χ1n) is 5.98. The number of phenols is 2. The second kappa shape index (κ2) is 4.41. The SMILES string of the molecule is C=c1cc2[nH]c(=O)c(=Cc3ccc(O)c(O)c3)c(=N)n2o1. The monoisotopic (exact) mass is 285 g/mol. The molecular formula is C14H11N3O4. The number of nitrogens with one attached hydrogen (secondary N) is 2. The van der Waals surface area contributed by atoms with E-state index < -0.39 is 5.56 Å². The maximum atomic E-state index is 12.0. The molecule has 0 aliphatic rings. The molecule has 7 nitrogen and oxygen atoms in total. The molecule has 0 saturated carbocycles. The lowest BCUT2D eigenvalue weighted by atomic mass is 10.1. The number of nitrogens with zero attached hydrogens (tertiary/aromatic N) is 1. The zero-order valence-electron chi connectivity index (χ0n) is 10.8. The lowest BCUT2D eigenvalue weighted by Gasteiger charge is -1.99. The number of benzene rings is 1. The maximum absolute atomic E-state index is 12.0. The highest BCUT2D eigenvalue weighted by Crippen LogP contribution is 2.24. The van der Waals surface area contributed by atoms with Gasteiger partial charge in [-0.05, 0) is 23.8 Å². The lowest BCUT2D eigenvalue weighted by molar-refractivity contribution is 0.336. The van der Waals surface area contributed by atoms with Crippen molar-refractivity contribution in [3.05, 3.63) is 56.3 Å². The quantitative estimate of drug-likeness (QED) is 0.445. The van der Waals surface area contributed by atoms with Gasteiger partial charge in [-0.3, -0.25) is 10.2 Å². The summed E-state index contributed by atoms with van der Waals surface area (Å²) in [6, 6.07) is 5.61. The molecule has 0 radical (unpaired) electrons. The number of H-pyrrole nitrogens is 1. The second-order valence-electron chi connectivity index (χ2n) is 4.49. The van der Waals surface area contributed by atoms with Crippen LogP contribution in [0.4, 0.5) is 0 Å². The third-order valence-electron chi connectivity index (χ3n) is 2.98. The highest BCUT2D eigenvalue weighted by Gasteiger charge is 2.04. The van der Waals surface area contributed by atoms with Crippen LogP contribution in [0.5, 0.6) is 11.5 Å². The molecule has 3 rings (SSSR count). The Morgan fingerprint density at radius 3 is 2.76 bits per heavy atom. The number of rotatable bonds is 1. The van der Waals surface area contributed by atoms with Gasteiger partial charge in [0.25, 0.3) is 5.56 Å². The van der Waals surface area contributed by atoms with Gasteiger partial charge in [0.05, 0.1) is 5.22 Å². The van der Waals surface area contributed by atoms with Crippen LogP contribution in [0.15, 0.2) is 33.6 Å². The molecule has 3 aromatic rings. The topological polar surface area (TPSA) is 115 Å². The summed E-state index contributed by atoms with van der Waals surface area (Å²) >= 11 is 0. The molecule has 1 aromatic carbocycles. The third-order valence-corrected chi connectivity index (χ3v) is 2.98. The van der Waals surface area contributed by atoms with Crippen LogP contribution in [0.3, 0.4) is 0 Å². The Morgan fingerprint density at radius 2 is 2.05 bits per heavy atom. The molecule has 0 aliphatic carbocycles. The van der Waals surface area contributed by atoms with Crippen LogP contribution in [-0.4, -0.2) is 19.8 Å². The Kier molecular flexibility index (Phi) is 2.69. The van der Waals surface area contributed by atoms with Crippen molar-refractivity contribution in [2.45, 2.75) is 0 Å². The molecule has 2 heterocycles. The van der Waals surface area contributed by atoms with Crippen LogP contribution in [0.2, 0.25) is 0 Å². The molecule has 0 amide bonds. The van der Waals surface area contributed by atoms with Crippen molar-refractivity contribution in [1.82, 2.24) is 9.56 Å². The van der Waals surface area contributed by atoms with Gasteiger partial charge in [0, 0.05) is 6.07 Å². The molecule has 0 saturated heterocycles. The van der Waals surface area contributed by atoms with Gasteiger partial charge in [-0.2, -0.15) is 0 Å². The van der Waals surface area contributed by atoms with E-state index in [9.17, 15) is 15.0 Å². The van der Waals surface area contributed by atoms with Crippen molar-refractivity contribution in [2.75, 3.05) is 0 Å². The van der Waals surface area contributed by atoms with E-state index >= 15 is 0 Å². The summed E-state index contributed by atoms with van der Waals surface area (Å²) in [5.41, 5.74) is 0.509. The Balaban J connectivity index is 2.36. The Morgan fingerprint density at radius 1 is 1.29 bits per heavy atom. The largest absolute Gasteiger partial charge is 0.504 e. The van der Waals surface area contributed by atoms with Gasteiger partial charge in [0.1, 0.15) is 0 Å². The zero-order valence-corrected chi connectivity index (χ0v) is 10.8. The lowest BCUT2D eigenvalue weighted by Crippen LogP contribution is -2.44. The molecule has 0 spiro atoms. The molecule has 106 valence electrons. The summed E-state index contributed by atoms with van der Waals surface area (Å²) in [6.45, 7) is 3.60. The number of aromatic hydroxyl groups is 2. The second-order valence-corrected chi connectivity index (χ2v) is 4.49. The van der Waals surface area contributed by atoms with Crippen molar-refractivity contribution >= 4 is 18.3 Å². The molecule has 2 aromatic heterocycles. The average molecular weight is 285 g/mol. The van der Waals surface area contributed by atoms with Crippen LogP contribution in [0.25, 0.3) is 18.3 Å². The summed E-state index contributed by atoms with van der Waals surface area (Å²) in [4.78, 5) is 14.6. The van der Waals surface area contributed by atoms with Gasteiger partial charge in [0.15, 0.2) is 28.0 Å². The highest BCUT2D eigenvalue weighted by atomic mass is 16.5. The first-order chi connectivity index (χ1) is 9.95. The van der Waals surface area contributed by atoms with Crippen LogP contribution in [-0.2, 0) is 0 Å². The predicted octanol–water partition coefficient (Wildman–Crippen LogP) is -0.650. The van der Waals surface area contributed by atoms with Crippen molar-refractivity contribution in [1.29, 1.82) is 5.41 Å². The number of hydrogen-bond donors (Lipinski definition) is 4. The van der Waals surface area contributed by atoms with Crippen molar-refractivity contribution in [3.8, 4) is 11.5 Å². The molecule has 0 unspecified atom stereocenters. The Hall–Kier alpha value is -3.22. The fourth-order valence-electron chi connectivity index (χ4n) is 1.99. The Labute approximate surface area is 116 Å². The fourth-order valence-corrected chi connectivity index (χ4v) is 1.99. The molecule has 0 bridgehead atoms. The third kappa shape index (κ3) is 2.10. The standard InChI is InChI=1S/C14H11N3O4/c1-7-4-12-16-14(20)9(13(15)17(12)21-7)5-8-2-3-10(18)11(19)6-8/h2-6,15,18-19H,1H2,(H,16,20). The zero-order chi connectivity index (χ0) is 15.1. The first kappa shape index (κ1) is 12.8. The van der Waals surface area contributed by atoms with Crippen LogP contribution in [0, 0.1) is 5.41 Å². The molecule has 0 atom stereocenters.